The zero-order chi connectivity index (χ0) is 15.1. The maximum Gasteiger partial charge on any atom is 0.325 e. The molecule has 8 nitrogen and oxygen atoms in total. The number of phenols is 1. The molecule has 1 atom stereocenters. The van der Waals surface area contributed by atoms with Crippen molar-refractivity contribution in [1.82, 2.24) is 0 Å². The Hall–Kier alpha value is -2.26. The molecule has 0 bridgehead atoms. The Bertz CT molecular complexity index is 543. The standard InChI is InChI=1S/C11H15N5O3S/c12-9(10(18)19)6-1-2-8(17)7(3-6)4-20-5-15-16-11(13)14/h1-3,5,9,17H,4,12H2,(H,18,19)(H4,13,14,16). The Morgan fingerprint density at radius 1 is 1.45 bits per heavy atom. The molecule has 0 aliphatic heterocycles. The fourth-order valence-corrected chi connectivity index (χ4v) is 1.91. The van der Waals surface area contributed by atoms with Crippen LogP contribution in [-0.2, 0) is 10.5 Å². The summed E-state index contributed by atoms with van der Waals surface area (Å²) in [6.45, 7) is 0. The molecule has 0 heterocycles. The third-order valence-electron chi connectivity index (χ3n) is 2.26. The van der Waals surface area contributed by atoms with Gasteiger partial charge in [-0.1, -0.05) is 6.07 Å². The van der Waals surface area contributed by atoms with Gasteiger partial charge in [-0.25, -0.2) is 0 Å². The number of carboxylic acids is 1. The molecule has 0 spiro atoms. The lowest BCUT2D eigenvalue weighted by Crippen LogP contribution is -2.21. The molecule has 0 saturated heterocycles. The highest BCUT2D eigenvalue weighted by atomic mass is 32.2. The van der Waals surface area contributed by atoms with E-state index in [0.717, 1.165) is 0 Å². The average molecular weight is 297 g/mol. The zero-order valence-corrected chi connectivity index (χ0v) is 11.2. The van der Waals surface area contributed by atoms with E-state index in [-0.39, 0.29) is 11.7 Å². The Labute approximate surface area is 119 Å². The van der Waals surface area contributed by atoms with Crippen LogP contribution >= 0.6 is 11.8 Å². The number of carboxylic acid groups (broad SMARTS) is 1. The zero-order valence-electron chi connectivity index (χ0n) is 10.4. The molecule has 0 radical (unpaired) electrons. The van der Waals surface area contributed by atoms with Crippen LogP contribution in [-0.4, -0.2) is 27.7 Å². The molecule has 0 amide bonds. The van der Waals surface area contributed by atoms with Crippen LogP contribution < -0.4 is 17.2 Å². The van der Waals surface area contributed by atoms with Gasteiger partial charge in [0.25, 0.3) is 0 Å². The summed E-state index contributed by atoms with van der Waals surface area (Å²) < 4.78 is 0. The van der Waals surface area contributed by atoms with Crippen LogP contribution in [0.25, 0.3) is 0 Å². The lowest BCUT2D eigenvalue weighted by atomic mass is 10.0. The number of hydrogen-bond donors (Lipinski definition) is 5. The van der Waals surface area contributed by atoms with Gasteiger partial charge in [-0.3, -0.25) is 4.79 Å². The molecule has 108 valence electrons. The molecule has 8 N–H and O–H groups in total. The summed E-state index contributed by atoms with van der Waals surface area (Å²) >= 11 is 1.23. The predicted octanol–water partition coefficient (Wildman–Crippen LogP) is -0.0735. The normalized spacial score (nSPS) is 12.2. The fraction of sp³-hybridized carbons (Fsp3) is 0.182. The molecule has 1 aromatic carbocycles. The summed E-state index contributed by atoms with van der Waals surface area (Å²) in [7, 11) is 0. The first-order chi connectivity index (χ1) is 9.41. The van der Waals surface area contributed by atoms with Crippen molar-refractivity contribution < 1.29 is 15.0 Å². The third kappa shape index (κ3) is 4.78. The van der Waals surface area contributed by atoms with Crippen LogP contribution in [0, 0.1) is 0 Å². The highest BCUT2D eigenvalue weighted by molar-refractivity contribution is 8.11. The van der Waals surface area contributed by atoms with Gasteiger partial charge in [0.2, 0.25) is 5.96 Å². The average Bonchev–Trinajstić information content (AvgIpc) is 2.39. The van der Waals surface area contributed by atoms with Crippen molar-refractivity contribution in [2.45, 2.75) is 11.8 Å². The van der Waals surface area contributed by atoms with Crippen LogP contribution in [0.3, 0.4) is 0 Å². The topological polar surface area (TPSA) is 160 Å². The lowest BCUT2D eigenvalue weighted by molar-refractivity contribution is -0.138. The number of nitrogens with two attached hydrogens (primary N) is 3. The third-order valence-corrected chi connectivity index (χ3v) is 2.98. The molecule has 20 heavy (non-hydrogen) atoms. The summed E-state index contributed by atoms with van der Waals surface area (Å²) in [6.07, 6.45) is 0. The Morgan fingerprint density at radius 3 is 2.75 bits per heavy atom. The first kappa shape index (κ1) is 15.8. The van der Waals surface area contributed by atoms with Crippen LogP contribution in [0.15, 0.2) is 28.4 Å². The highest BCUT2D eigenvalue weighted by Gasteiger charge is 2.15. The smallest absolute Gasteiger partial charge is 0.325 e. The fourth-order valence-electron chi connectivity index (χ4n) is 1.31. The molecule has 0 aliphatic carbocycles. The van der Waals surface area contributed by atoms with Crippen molar-refractivity contribution in [3.8, 4) is 5.75 Å². The second-order valence-corrected chi connectivity index (χ2v) is 4.59. The van der Waals surface area contributed by atoms with E-state index in [0.29, 0.717) is 16.9 Å². The SMILES string of the molecule is NC(N)=NN=CSCc1cc(C(N)C(=O)O)ccc1O. The molecule has 1 unspecified atom stereocenters. The molecule has 0 aromatic heterocycles. The molecule has 0 fully saturated rings. The maximum atomic E-state index is 10.8. The maximum absolute atomic E-state index is 10.8. The van der Waals surface area contributed by atoms with Gasteiger partial charge in [0.1, 0.15) is 11.8 Å². The van der Waals surface area contributed by atoms with Gasteiger partial charge in [-0.05, 0) is 17.7 Å². The minimum atomic E-state index is -1.14. The first-order valence-electron chi connectivity index (χ1n) is 5.44. The number of rotatable bonds is 6. The summed E-state index contributed by atoms with van der Waals surface area (Å²) in [6, 6.07) is 3.28. The number of benzene rings is 1. The largest absolute Gasteiger partial charge is 0.508 e. The molecule has 1 aromatic rings. The number of hydrogen-bond acceptors (Lipinski definition) is 6. The van der Waals surface area contributed by atoms with E-state index in [9.17, 15) is 9.90 Å². The Kier molecular flexibility index (Phi) is 5.81. The van der Waals surface area contributed by atoms with E-state index < -0.39 is 12.0 Å². The van der Waals surface area contributed by atoms with E-state index in [2.05, 4.69) is 10.2 Å². The molecule has 1 rings (SSSR count). The van der Waals surface area contributed by atoms with Crippen molar-refractivity contribution in [1.29, 1.82) is 0 Å². The van der Waals surface area contributed by atoms with Gasteiger partial charge >= 0.3 is 5.97 Å². The molecular weight excluding hydrogens is 282 g/mol. The van der Waals surface area contributed by atoms with Crippen molar-refractivity contribution >= 4 is 29.2 Å². The molecule has 0 saturated carbocycles. The molecule has 0 aliphatic rings. The van der Waals surface area contributed by atoms with E-state index in [1.807, 2.05) is 0 Å². The summed E-state index contributed by atoms with van der Waals surface area (Å²) in [5.74, 6) is -0.869. The second kappa shape index (κ2) is 7.36. The van der Waals surface area contributed by atoms with Crippen LogP contribution in [0.5, 0.6) is 5.75 Å². The number of aliphatic carboxylic acids is 1. The summed E-state index contributed by atoms with van der Waals surface area (Å²) in [4.78, 5) is 10.8. The Balaban J connectivity index is 2.75. The number of carbonyl (C=O) groups is 1. The number of nitrogens with zero attached hydrogens (tertiary/aromatic N) is 2. The minimum absolute atomic E-state index is 0.0501. The van der Waals surface area contributed by atoms with Gasteiger partial charge in [0.15, 0.2) is 0 Å². The van der Waals surface area contributed by atoms with Crippen molar-refractivity contribution in [2.24, 2.45) is 27.4 Å². The van der Waals surface area contributed by atoms with Crippen LogP contribution in [0.4, 0.5) is 0 Å². The second-order valence-electron chi connectivity index (χ2n) is 3.76. The van der Waals surface area contributed by atoms with E-state index in [4.69, 9.17) is 22.3 Å². The van der Waals surface area contributed by atoms with Gasteiger partial charge in [0, 0.05) is 11.3 Å². The van der Waals surface area contributed by atoms with Gasteiger partial charge in [-0.15, -0.1) is 22.0 Å². The van der Waals surface area contributed by atoms with Gasteiger partial charge < -0.3 is 27.4 Å². The number of phenolic OH excluding ortho intramolecular Hbond substituents is 1. The predicted molar refractivity (Wildman–Crippen MR) is 78.3 cm³/mol. The lowest BCUT2D eigenvalue weighted by Gasteiger charge is -2.09. The van der Waals surface area contributed by atoms with E-state index >= 15 is 0 Å². The summed E-state index contributed by atoms with van der Waals surface area (Å²) in [5.41, 5.74) is 18.0. The molecular formula is C11H15N5O3S. The van der Waals surface area contributed by atoms with Crippen molar-refractivity contribution in [2.75, 3.05) is 0 Å². The van der Waals surface area contributed by atoms with Crippen LogP contribution in [0.2, 0.25) is 0 Å². The quantitative estimate of drug-likeness (QED) is 0.279. The first-order valence-corrected chi connectivity index (χ1v) is 6.49. The molecule has 9 heteroatoms. The summed E-state index contributed by atoms with van der Waals surface area (Å²) in [5, 5.41) is 25.5. The van der Waals surface area contributed by atoms with E-state index in [1.165, 1.54) is 35.5 Å². The number of aromatic hydroxyl groups is 1. The monoisotopic (exact) mass is 297 g/mol. The van der Waals surface area contributed by atoms with Crippen molar-refractivity contribution in [3.63, 3.8) is 0 Å². The Morgan fingerprint density at radius 2 is 2.15 bits per heavy atom. The minimum Gasteiger partial charge on any atom is -0.508 e. The van der Waals surface area contributed by atoms with Crippen molar-refractivity contribution in [3.05, 3.63) is 29.3 Å². The highest BCUT2D eigenvalue weighted by Crippen LogP contribution is 2.25. The van der Waals surface area contributed by atoms with Gasteiger partial charge in [-0.2, -0.15) is 0 Å². The number of thioether (sulfide) groups is 1. The van der Waals surface area contributed by atoms with E-state index in [1.54, 1.807) is 0 Å². The van der Waals surface area contributed by atoms with Gasteiger partial charge in [0.05, 0.1) is 5.55 Å². The number of guanidine groups is 1. The van der Waals surface area contributed by atoms with Crippen LogP contribution in [0.1, 0.15) is 17.2 Å².